The average Bonchev–Trinajstić information content (AvgIpc) is 3.91. The topological polar surface area (TPSA) is 199 Å². The van der Waals surface area contributed by atoms with Crippen LogP contribution < -0.4 is 26.0 Å². The predicted molar refractivity (Wildman–Crippen MR) is 252 cm³/mol. The van der Waals surface area contributed by atoms with E-state index in [4.69, 9.17) is 0 Å². The number of benzene rings is 1. The van der Waals surface area contributed by atoms with Gasteiger partial charge in [-0.05, 0) is 72.2 Å². The highest BCUT2D eigenvalue weighted by molar-refractivity contribution is 6.23. The smallest absolute Gasteiger partial charge is 0.276 e. The first-order valence-electron chi connectivity index (χ1n) is 23.5. The zero-order valence-electron chi connectivity index (χ0n) is 38.6. The minimum atomic E-state index is -1.16. The zero-order valence-corrected chi connectivity index (χ0v) is 38.6. The van der Waals surface area contributed by atoms with E-state index in [1.165, 1.54) is 28.0 Å². The van der Waals surface area contributed by atoms with E-state index in [0.717, 1.165) is 49.6 Å². The van der Waals surface area contributed by atoms with Gasteiger partial charge in [-0.1, -0.05) is 19.9 Å². The molecule has 19 heteroatoms. The second-order valence-corrected chi connectivity index (χ2v) is 19.8. The van der Waals surface area contributed by atoms with Crippen molar-refractivity contribution < 1.29 is 33.5 Å². The van der Waals surface area contributed by atoms with E-state index in [2.05, 4.69) is 53.7 Å². The van der Waals surface area contributed by atoms with Crippen LogP contribution in [0.5, 0.6) is 0 Å². The zero-order chi connectivity index (χ0) is 48.0. The van der Waals surface area contributed by atoms with Crippen LogP contribution in [0.3, 0.4) is 0 Å². The summed E-state index contributed by atoms with van der Waals surface area (Å²) in [5.74, 6) is -2.82. The van der Waals surface area contributed by atoms with E-state index >= 15 is 4.39 Å². The minimum Gasteiger partial charge on any atom is -0.392 e. The Hall–Kier alpha value is -7.09. The van der Waals surface area contributed by atoms with Crippen molar-refractivity contribution in [3.63, 3.8) is 0 Å². The number of hydrogen-bond donors (Lipinski definition) is 3. The first-order chi connectivity index (χ1) is 33.2. The number of nitrogens with zero attached hydrogens (tertiary/aromatic N) is 9. The summed E-state index contributed by atoms with van der Waals surface area (Å²) in [5, 5.41) is 16.1. The Morgan fingerprint density at radius 1 is 0.884 bits per heavy atom. The van der Waals surface area contributed by atoms with Crippen molar-refractivity contribution in [3.8, 4) is 11.1 Å². The molecule has 3 saturated heterocycles. The number of likely N-dealkylation sites (tertiary alicyclic amines) is 1. The van der Waals surface area contributed by atoms with Gasteiger partial charge in [-0.25, -0.2) is 14.4 Å². The molecule has 6 aliphatic rings. The van der Waals surface area contributed by atoms with Crippen LogP contribution in [0.25, 0.3) is 11.1 Å². The van der Waals surface area contributed by atoms with Crippen LogP contribution in [-0.4, -0.2) is 126 Å². The lowest BCUT2D eigenvalue weighted by molar-refractivity contribution is -0.136. The number of rotatable bonds is 10. The Morgan fingerprint density at radius 2 is 1.68 bits per heavy atom. The third-order valence-corrected chi connectivity index (χ3v) is 14.7. The van der Waals surface area contributed by atoms with Gasteiger partial charge in [0.1, 0.15) is 34.9 Å². The van der Waals surface area contributed by atoms with Crippen LogP contribution in [0.1, 0.15) is 80.3 Å². The number of carbonyl (C=O) groups excluding carboxylic acids is 5. The Bertz CT molecular complexity index is 3060. The number of halogens is 1. The normalized spacial score (nSPS) is 20.6. The SMILES string of the molecule is Cn1cc(-c2ccnc(N3CCn4c(cc5c4CC(C)(C)C5)C3=O)c2CO)cc(Nc2ccc(N3CCN(C4CN(Cc5ccc6c(c5F)C(=O)N(C5CCC(=O)NC5=O)C6=O)C4)CC3)cn2)c1=O. The number of pyridine rings is 3. The summed E-state index contributed by atoms with van der Waals surface area (Å²) in [4.78, 5) is 96.4. The molecule has 0 saturated carbocycles. The first kappa shape index (κ1) is 44.4. The maximum atomic E-state index is 15.8. The fourth-order valence-electron chi connectivity index (χ4n) is 11.2. The fraction of sp³-hybridized carbons (Fsp3) is 0.400. The molecule has 5 aliphatic heterocycles. The lowest BCUT2D eigenvalue weighted by Gasteiger charge is -2.48. The molecular formula is C50H52FN11O7. The summed E-state index contributed by atoms with van der Waals surface area (Å²) in [6.07, 6.45) is 6.97. The van der Waals surface area contributed by atoms with E-state index in [0.29, 0.717) is 71.4 Å². The maximum Gasteiger partial charge on any atom is 0.276 e. The van der Waals surface area contributed by atoms with Gasteiger partial charge in [0.25, 0.3) is 23.3 Å². The van der Waals surface area contributed by atoms with E-state index in [1.54, 1.807) is 42.7 Å². The third-order valence-electron chi connectivity index (χ3n) is 14.7. The number of piperazine rings is 1. The minimum absolute atomic E-state index is 0.000943. The first-order valence-corrected chi connectivity index (χ1v) is 23.5. The van der Waals surface area contributed by atoms with Crippen LogP contribution >= 0.6 is 0 Å². The number of hydrogen-bond acceptors (Lipinski definition) is 13. The molecular weight excluding hydrogens is 886 g/mol. The predicted octanol–water partition coefficient (Wildman–Crippen LogP) is 3.21. The van der Waals surface area contributed by atoms with Crippen molar-refractivity contribution in [2.24, 2.45) is 12.5 Å². The summed E-state index contributed by atoms with van der Waals surface area (Å²) < 4.78 is 19.5. The molecule has 3 N–H and O–H groups in total. The number of anilines is 4. The van der Waals surface area contributed by atoms with Crippen molar-refractivity contribution in [2.75, 3.05) is 60.9 Å². The number of carbonyl (C=O) groups is 5. The Labute approximate surface area is 396 Å². The molecule has 1 aromatic carbocycles. The highest BCUT2D eigenvalue weighted by Gasteiger charge is 2.47. The number of imide groups is 2. The van der Waals surface area contributed by atoms with Gasteiger partial charge >= 0.3 is 0 Å². The molecule has 11 rings (SSSR count). The molecule has 0 bridgehead atoms. The highest BCUT2D eigenvalue weighted by Crippen LogP contribution is 2.40. The van der Waals surface area contributed by atoms with Gasteiger partial charge in [0.2, 0.25) is 11.8 Å². The van der Waals surface area contributed by atoms with Crippen molar-refractivity contribution >= 4 is 52.5 Å². The molecule has 5 amide bonds. The molecule has 0 spiro atoms. The molecule has 0 radical (unpaired) electrons. The Balaban J connectivity index is 0.703. The molecule has 1 aliphatic carbocycles. The van der Waals surface area contributed by atoms with E-state index in [1.807, 2.05) is 18.2 Å². The van der Waals surface area contributed by atoms with Gasteiger partial charge < -0.3 is 24.5 Å². The van der Waals surface area contributed by atoms with E-state index in [-0.39, 0.29) is 60.0 Å². The van der Waals surface area contributed by atoms with Gasteiger partial charge in [0, 0.05) is 113 Å². The Morgan fingerprint density at radius 3 is 2.42 bits per heavy atom. The number of aliphatic hydroxyl groups is 1. The largest absolute Gasteiger partial charge is 0.392 e. The fourth-order valence-corrected chi connectivity index (χ4v) is 11.2. The summed E-state index contributed by atoms with van der Waals surface area (Å²) in [5.41, 5.74) is 5.96. The lowest BCUT2D eigenvalue weighted by Crippen LogP contribution is -2.62. The van der Waals surface area contributed by atoms with Crippen molar-refractivity contribution in [1.82, 2.24) is 39.1 Å². The lowest BCUT2D eigenvalue weighted by atomic mass is 9.90. The molecule has 69 heavy (non-hydrogen) atoms. The maximum absolute atomic E-state index is 15.8. The second kappa shape index (κ2) is 16.8. The van der Waals surface area contributed by atoms with Gasteiger partial charge in [0.15, 0.2) is 0 Å². The van der Waals surface area contributed by atoms with Gasteiger partial charge in [-0.2, -0.15) is 0 Å². The molecule has 356 valence electrons. The van der Waals surface area contributed by atoms with Crippen LogP contribution in [0.4, 0.5) is 27.4 Å². The van der Waals surface area contributed by atoms with Gasteiger partial charge in [-0.3, -0.25) is 53.7 Å². The summed E-state index contributed by atoms with van der Waals surface area (Å²) in [6, 6.07) is 11.4. The van der Waals surface area contributed by atoms with E-state index in [9.17, 15) is 33.9 Å². The summed E-state index contributed by atoms with van der Waals surface area (Å²) in [6.45, 7) is 10.1. The van der Waals surface area contributed by atoms with Crippen molar-refractivity contribution in [1.29, 1.82) is 0 Å². The number of piperidine rings is 1. The Kier molecular flexibility index (Phi) is 10.8. The number of aliphatic hydroxyl groups excluding tert-OH is 1. The van der Waals surface area contributed by atoms with Crippen LogP contribution in [-0.2, 0) is 49.2 Å². The standard InChI is InChI=1S/C50H52FN11O7/c1-50(2)20-29-19-38-48(68)61(17-16-60(38)39(29)21-50)44-35(27-63)33(10-11-52-44)30-18-36(47(67)56(3)23-30)54-40-8-5-31(22-53-40)58-12-14-59(15-13-58)32-25-57(26-32)24-28-4-6-34-42(43(28)51)49(69)62(46(34)66)37-7-9-41(64)55-45(37)65/h4-6,8,10-11,18-19,22-23,32,37,63H,7,9,12-17,20-21,24-27H2,1-3H3,(H,53,54)(H,55,64,65). The molecule has 3 fully saturated rings. The average molecular weight is 938 g/mol. The third kappa shape index (κ3) is 7.68. The second-order valence-electron chi connectivity index (χ2n) is 19.8. The van der Waals surface area contributed by atoms with Crippen molar-refractivity contribution in [2.45, 2.75) is 71.3 Å². The number of nitrogens with one attached hydrogen (secondary N) is 2. The molecule has 5 aromatic rings. The van der Waals surface area contributed by atoms with Crippen molar-refractivity contribution in [3.05, 3.63) is 116 Å². The van der Waals surface area contributed by atoms with Crippen LogP contribution in [0.15, 0.2) is 65.8 Å². The number of aryl methyl sites for hydroxylation is 1. The molecule has 18 nitrogen and oxygen atoms in total. The number of amides is 5. The van der Waals surface area contributed by atoms with Gasteiger partial charge in [0.05, 0.1) is 29.6 Å². The monoisotopic (exact) mass is 937 g/mol. The molecule has 9 heterocycles. The van der Waals surface area contributed by atoms with E-state index < -0.39 is 35.5 Å². The molecule has 1 atom stereocenters. The highest BCUT2D eigenvalue weighted by atomic mass is 19.1. The van der Waals surface area contributed by atoms with Crippen LogP contribution in [0, 0.1) is 11.2 Å². The number of fused-ring (bicyclic) bond motifs is 4. The van der Waals surface area contributed by atoms with Crippen LogP contribution in [0.2, 0.25) is 0 Å². The molecule has 4 aromatic heterocycles. The quantitative estimate of drug-likeness (QED) is 0.173. The number of aromatic nitrogens is 4. The van der Waals surface area contributed by atoms with Gasteiger partial charge in [-0.15, -0.1) is 0 Å². The molecule has 1 unspecified atom stereocenters. The summed E-state index contributed by atoms with van der Waals surface area (Å²) >= 11 is 0. The summed E-state index contributed by atoms with van der Waals surface area (Å²) in [7, 11) is 1.67.